The quantitative estimate of drug-likeness (QED) is 0.660. The van der Waals surface area contributed by atoms with Gasteiger partial charge in [-0.05, 0) is 30.0 Å². The maximum Gasteiger partial charge on any atom is 0.163 e. The van der Waals surface area contributed by atoms with E-state index in [-0.39, 0.29) is 22.7 Å². The molecule has 2 aliphatic carbocycles. The summed E-state index contributed by atoms with van der Waals surface area (Å²) in [6.07, 6.45) is 1.92. The van der Waals surface area contributed by atoms with Crippen LogP contribution >= 0.6 is 11.6 Å². The number of ketones is 2. The number of allylic oxidation sites excluding steroid dienone is 4. The van der Waals surface area contributed by atoms with Crippen molar-refractivity contribution in [3.05, 3.63) is 51.4 Å². The molecule has 0 saturated heterocycles. The molecule has 1 N–H and O–H groups in total. The second-order valence-corrected chi connectivity index (χ2v) is 10.0. The van der Waals surface area contributed by atoms with Gasteiger partial charge in [-0.3, -0.25) is 9.59 Å². The van der Waals surface area contributed by atoms with Crippen LogP contribution in [0.4, 0.5) is 0 Å². The van der Waals surface area contributed by atoms with Crippen molar-refractivity contribution < 1.29 is 19.4 Å². The topological polar surface area (TPSA) is 63.6 Å². The van der Waals surface area contributed by atoms with Gasteiger partial charge in [-0.25, -0.2) is 0 Å². The lowest BCUT2D eigenvalue weighted by molar-refractivity contribution is -0.119. The van der Waals surface area contributed by atoms with Crippen molar-refractivity contribution in [2.24, 2.45) is 10.8 Å². The van der Waals surface area contributed by atoms with Crippen molar-refractivity contribution in [3.8, 4) is 5.75 Å². The standard InChI is InChI=1S/C23H25ClO4/c1-22(2)10-15(26)19-17(11-22)28-16-6-5-12(24)9-13(16)18(19)20-14(25)7-8-23(3,4)21(20)27/h5-6,9,18,27H,7-8,10-11H2,1-4H3. The molecular formula is C23H25ClO4. The molecule has 1 heterocycles. The van der Waals surface area contributed by atoms with Gasteiger partial charge in [-0.15, -0.1) is 0 Å². The molecule has 1 aliphatic heterocycles. The van der Waals surface area contributed by atoms with Crippen LogP contribution in [0.5, 0.6) is 5.75 Å². The molecule has 0 radical (unpaired) electrons. The van der Waals surface area contributed by atoms with E-state index in [1.165, 1.54) is 0 Å². The van der Waals surface area contributed by atoms with Gasteiger partial charge < -0.3 is 9.84 Å². The molecule has 1 aromatic carbocycles. The summed E-state index contributed by atoms with van der Waals surface area (Å²) in [5.41, 5.74) is 0.770. The van der Waals surface area contributed by atoms with E-state index in [1.54, 1.807) is 18.2 Å². The first kappa shape index (κ1) is 19.3. The predicted molar refractivity (Wildman–Crippen MR) is 108 cm³/mol. The summed E-state index contributed by atoms with van der Waals surface area (Å²) in [6, 6.07) is 5.25. The highest BCUT2D eigenvalue weighted by molar-refractivity contribution is 6.30. The first-order chi connectivity index (χ1) is 13.0. The van der Waals surface area contributed by atoms with E-state index in [2.05, 4.69) is 0 Å². The third-order valence-corrected chi connectivity index (χ3v) is 6.38. The highest BCUT2D eigenvalue weighted by atomic mass is 35.5. The van der Waals surface area contributed by atoms with E-state index >= 15 is 0 Å². The minimum absolute atomic E-state index is 0.0293. The summed E-state index contributed by atoms with van der Waals surface area (Å²) < 4.78 is 6.13. The molecule has 1 unspecified atom stereocenters. The van der Waals surface area contributed by atoms with Crippen molar-refractivity contribution in [3.63, 3.8) is 0 Å². The van der Waals surface area contributed by atoms with Gasteiger partial charge in [-0.2, -0.15) is 0 Å². The number of aliphatic hydroxyl groups excluding tert-OH is 1. The zero-order chi connectivity index (χ0) is 20.4. The molecule has 0 spiro atoms. The van der Waals surface area contributed by atoms with Crippen LogP contribution in [0.2, 0.25) is 5.02 Å². The first-order valence-electron chi connectivity index (χ1n) is 9.70. The number of ether oxygens (including phenoxy) is 1. The third-order valence-electron chi connectivity index (χ3n) is 6.15. The summed E-state index contributed by atoms with van der Waals surface area (Å²) in [6.45, 7) is 7.92. The van der Waals surface area contributed by atoms with Crippen molar-refractivity contribution in [1.82, 2.24) is 0 Å². The van der Waals surface area contributed by atoms with Gasteiger partial charge in [0.05, 0.1) is 5.92 Å². The Morgan fingerprint density at radius 2 is 1.79 bits per heavy atom. The van der Waals surface area contributed by atoms with Crippen LogP contribution in [0.15, 0.2) is 40.9 Å². The number of fused-ring (bicyclic) bond motifs is 1. The molecule has 148 valence electrons. The highest BCUT2D eigenvalue weighted by Crippen LogP contribution is 2.53. The van der Waals surface area contributed by atoms with E-state index in [0.29, 0.717) is 58.9 Å². The summed E-state index contributed by atoms with van der Waals surface area (Å²) in [4.78, 5) is 26.1. The van der Waals surface area contributed by atoms with Crippen LogP contribution in [0, 0.1) is 10.8 Å². The van der Waals surface area contributed by atoms with Gasteiger partial charge in [-0.1, -0.05) is 39.3 Å². The van der Waals surface area contributed by atoms with Crippen LogP contribution in [0.1, 0.15) is 64.9 Å². The van der Waals surface area contributed by atoms with Gasteiger partial charge in [0.2, 0.25) is 0 Å². The van der Waals surface area contributed by atoms with E-state index in [0.717, 1.165) is 0 Å². The Balaban J connectivity index is 2.00. The van der Waals surface area contributed by atoms with E-state index in [4.69, 9.17) is 16.3 Å². The summed E-state index contributed by atoms with van der Waals surface area (Å²) in [5.74, 6) is 0.504. The largest absolute Gasteiger partial charge is 0.511 e. The fraction of sp³-hybridized carbons (Fsp3) is 0.478. The average Bonchev–Trinajstić information content (AvgIpc) is 2.57. The Labute approximate surface area is 170 Å². The van der Waals surface area contributed by atoms with Crippen LogP contribution in [-0.4, -0.2) is 16.7 Å². The predicted octanol–water partition coefficient (Wildman–Crippen LogP) is 5.66. The van der Waals surface area contributed by atoms with Gasteiger partial charge in [0.1, 0.15) is 17.3 Å². The SMILES string of the molecule is CC1(C)CC(=O)C2=C(C1)Oc1ccc(Cl)cc1C2C1=C(O)C(C)(C)CCC1=O. The second-order valence-electron chi connectivity index (χ2n) is 9.56. The number of rotatable bonds is 1. The van der Waals surface area contributed by atoms with E-state index < -0.39 is 11.3 Å². The molecule has 28 heavy (non-hydrogen) atoms. The van der Waals surface area contributed by atoms with E-state index in [1.807, 2.05) is 27.7 Å². The molecule has 0 bridgehead atoms. The van der Waals surface area contributed by atoms with Crippen molar-refractivity contribution in [2.45, 2.75) is 59.3 Å². The lowest BCUT2D eigenvalue weighted by atomic mass is 9.66. The van der Waals surface area contributed by atoms with Crippen LogP contribution in [-0.2, 0) is 9.59 Å². The molecular weight excluding hydrogens is 376 g/mol. The van der Waals surface area contributed by atoms with Crippen molar-refractivity contribution in [1.29, 1.82) is 0 Å². The Kier molecular flexibility index (Phi) is 4.27. The number of Topliss-reactive ketones (excluding diaryl/α,β-unsaturated/α-hetero) is 2. The Morgan fingerprint density at radius 3 is 2.50 bits per heavy atom. The molecule has 4 nitrogen and oxygen atoms in total. The Morgan fingerprint density at radius 1 is 1.07 bits per heavy atom. The van der Waals surface area contributed by atoms with Gasteiger partial charge >= 0.3 is 0 Å². The molecule has 0 saturated carbocycles. The fourth-order valence-corrected chi connectivity index (χ4v) is 4.77. The summed E-state index contributed by atoms with van der Waals surface area (Å²) >= 11 is 6.25. The third kappa shape index (κ3) is 2.98. The van der Waals surface area contributed by atoms with Gasteiger partial charge in [0.15, 0.2) is 11.6 Å². The highest BCUT2D eigenvalue weighted by Gasteiger charge is 2.47. The maximum atomic E-state index is 13.2. The zero-order valence-corrected chi connectivity index (χ0v) is 17.4. The molecule has 4 rings (SSSR count). The molecule has 0 amide bonds. The number of hydrogen-bond donors (Lipinski definition) is 1. The molecule has 0 aromatic heterocycles. The molecule has 3 aliphatic rings. The monoisotopic (exact) mass is 400 g/mol. The van der Waals surface area contributed by atoms with Crippen molar-refractivity contribution in [2.75, 3.05) is 0 Å². The number of halogens is 1. The smallest absolute Gasteiger partial charge is 0.163 e. The molecule has 0 fully saturated rings. The molecule has 1 aromatic rings. The minimum Gasteiger partial charge on any atom is -0.511 e. The second kappa shape index (κ2) is 6.21. The summed E-state index contributed by atoms with van der Waals surface area (Å²) in [7, 11) is 0. The van der Waals surface area contributed by atoms with Crippen LogP contribution in [0.25, 0.3) is 0 Å². The van der Waals surface area contributed by atoms with Crippen LogP contribution in [0.3, 0.4) is 0 Å². The Hall–Kier alpha value is -2.07. The van der Waals surface area contributed by atoms with Gasteiger partial charge in [0, 0.05) is 46.4 Å². The fourth-order valence-electron chi connectivity index (χ4n) is 4.59. The zero-order valence-electron chi connectivity index (χ0n) is 16.7. The minimum atomic E-state index is -0.631. The maximum absolute atomic E-state index is 13.2. The first-order valence-corrected chi connectivity index (χ1v) is 10.1. The molecule has 5 heteroatoms. The van der Waals surface area contributed by atoms with Crippen molar-refractivity contribution >= 4 is 23.2 Å². The molecule has 1 atom stereocenters. The number of benzene rings is 1. The lowest BCUT2D eigenvalue weighted by Gasteiger charge is -2.40. The summed E-state index contributed by atoms with van der Waals surface area (Å²) in [5, 5.41) is 11.5. The number of aliphatic hydroxyl groups is 1. The number of hydrogen-bond acceptors (Lipinski definition) is 4. The van der Waals surface area contributed by atoms with Gasteiger partial charge in [0.25, 0.3) is 0 Å². The van der Waals surface area contributed by atoms with Crippen LogP contribution < -0.4 is 4.74 Å². The Bertz CT molecular complexity index is 965. The average molecular weight is 401 g/mol. The lowest BCUT2D eigenvalue weighted by Crippen LogP contribution is -2.36. The normalized spacial score (nSPS) is 26.0. The van der Waals surface area contributed by atoms with E-state index in [9.17, 15) is 14.7 Å². The number of carbonyl (C=O) groups excluding carboxylic acids is 2. The number of carbonyl (C=O) groups is 2.